The summed E-state index contributed by atoms with van der Waals surface area (Å²) in [6.45, 7) is 6.37. The van der Waals surface area contributed by atoms with Crippen molar-refractivity contribution in [2.75, 3.05) is 40.4 Å². The molecule has 2 aromatic carbocycles. The van der Waals surface area contributed by atoms with Gasteiger partial charge >= 0.3 is 0 Å². The van der Waals surface area contributed by atoms with E-state index in [9.17, 15) is 4.79 Å². The fraction of sp³-hybridized carbons (Fsp3) is 0.409. The van der Waals surface area contributed by atoms with Crippen molar-refractivity contribution in [3.63, 3.8) is 0 Å². The van der Waals surface area contributed by atoms with E-state index in [-0.39, 0.29) is 18.6 Å². The van der Waals surface area contributed by atoms with E-state index < -0.39 is 0 Å². The van der Waals surface area contributed by atoms with E-state index in [0.29, 0.717) is 13.1 Å². The first-order valence-electron chi connectivity index (χ1n) is 9.30. The molecule has 0 aromatic heterocycles. The minimum atomic E-state index is 0.0224. The van der Waals surface area contributed by atoms with Gasteiger partial charge in [0.25, 0.3) is 5.91 Å². The highest BCUT2D eigenvalue weighted by Crippen LogP contribution is 2.27. The highest BCUT2D eigenvalue weighted by Gasteiger charge is 2.28. The molecule has 0 bridgehead atoms. The molecule has 1 amide bonds. The number of hydrogen-bond acceptors (Lipinski definition) is 4. The summed E-state index contributed by atoms with van der Waals surface area (Å²) in [4.78, 5) is 16.9. The molecule has 1 aliphatic rings. The first-order chi connectivity index (χ1) is 13.0. The average Bonchev–Trinajstić information content (AvgIpc) is 2.69. The third kappa shape index (κ3) is 4.61. The number of benzene rings is 2. The highest BCUT2D eigenvalue weighted by molar-refractivity contribution is 5.78. The van der Waals surface area contributed by atoms with Gasteiger partial charge in [-0.1, -0.05) is 18.2 Å². The molecule has 0 saturated carbocycles. The van der Waals surface area contributed by atoms with Gasteiger partial charge in [0, 0.05) is 19.6 Å². The molecule has 3 rings (SSSR count). The third-order valence-electron chi connectivity index (χ3n) is 5.32. The quantitative estimate of drug-likeness (QED) is 0.813. The predicted molar refractivity (Wildman–Crippen MR) is 106 cm³/mol. The summed E-state index contributed by atoms with van der Waals surface area (Å²) in [6.07, 6.45) is 0. The third-order valence-corrected chi connectivity index (χ3v) is 5.32. The molecule has 1 aliphatic heterocycles. The molecule has 1 heterocycles. The zero-order valence-electron chi connectivity index (χ0n) is 16.6. The fourth-order valence-corrected chi connectivity index (χ4v) is 3.35. The maximum Gasteiger partial charge on any atom is 0.260 e. The largest absolute Gasteiger partial charge is 0.497 e. The van der Waals surface area contributed by atoms with Crippen molar-refractivity contribution in [1.29, 1.82) is 0 Å². The van der Waals surface area contributed by atoms with Crippen LogP contribution in [0.3, 0.4) is 0 Å². The normalized spacial score (nSPS) is 17.6. The molecule has 1 unspecified atom stereocenters. The Balaban J connectivity index is 1.64. The number of piperazine rings is 1. The summed E-state index contributed by atoms with van der Waals surface area (Å²) in [7, 11) is 3.77. The van der Waals surface area contributed by atoms with E-state index in [1.165, 1.54) is 5.56 Å². The Morgan fingerprint density at radius 1 is 1.07 bits per heavy atom. The monoisotopic (exact) mass is 368 g/mol. The van der Waals surface area contributed by atoms with E-state index in [4.69, 9.17) is 9.47 Å². The van der Waals surface area contributed by atoms with Crippen LogP contribution < -0.4 is 9.47 Å². The lowest BCUT2D eigenvalue weighted by atomic mass is 10.0. The summed E-state index contributed by atoms with van der Waals surface area (Å²) >= 11 is 0. The molecular formula is C22H28N2O3. The Morgan fingerprint density at radius 2 is 1.89 bits per heavy atom. The lowest BCUT2D eigenvalue weighted by Gasteiger charge is -2.39. The number of methoxy groups -OCH3 is 1. The van der Waals surface area contributed by atoms with E-state index in [1.54, 1.807) is 7.11 Å². The van der Waals surface area contributed by atoms with Crippen LogP contribution in [0.25, 0.3) is 0 Å². The number of rotatable bonds is 5. The van der Waals surface area contributed by atoms with Gasteiger partial charge in [-0.2, -0.15) is 0 Å². The molecule has 0 N–H and O–H groups in total. The van der Waals surface area contributed by atoms with Crippen LogP contribution in [-0.2, 0) is 4.79 Å². The molecule has 0 spiro atoms. The Labute approximate surface area is 161 Å². The number of carbonyl (C=O) groups is 1. The number of nitrogens with zero attached hydrogens (tertiary/aromatic N) is 2. The number of aryl methyl sites for hydroxylation is 2. The highest BCUT2D eigenvalue weighted by atomic mass is 16.5. The minimum Gasteiger partial charge on any atom is -0.497 e. The fourth-order valence-electron chi connectivity index (χ4n) is 3.35. The summed E-state index contributed by atoms with van der Waals surface area (Å²) in [6, 6.07) is 14.1. The number of likely N-dealkylation sites (N-methyl/N-ethyl adjacent to an activating group) is 1. The van der Waals surface area contributed by atoms with Crippen LogP contribution in [0.15, 0.2) is 42.5 Å². The number of ether oxygens (including phenoxy) is 2. The zero-order valence-corrected chi connectivity index (χ0v) is 16.6. The first-order valence-corrected chi connectivity index (χ1v) is 9.30. The Morgan fingerprint density at radius 3 is 2.63 bits per heavy atom. The van der Waals surface area contributed by atoms with Crippen LogP contribution in [0, 0.1) is 13.8 Å². The average molecular weight is 368 g/mol. The van der Waals surface area contributed by atoms with Gasteiger partial charge in [0.2, 0.25) is 0 Å². The summed E-state index contributed by atoms with van der Waals surface area (Å²) in [5, 5.41) is 0. The van der Waals surface area contributed by atoms with Gasteiger partial charge in [0.15, 0.2) is 6.61 Å². The van der Waals surface area contributed by atoms with Gasteiger partial charge in [0.1, 0.15) is 11.5 Å². The Hall–Kier alpha value is -2.53. The Kier molecular flexibility index (Phi) is 6.01. The predicted octanol–water partition coefficient (Wildman–Crippen LogP) is 3.21. The van der Waals surface area contributed by atoms with Gasteiger partial charge < -0.3 is 14.4 Å². The molecule has 1 fully saturated rings. The SMILES string of the molecule is COc1cccc(C2CN(C(=O)COc3ccc(C)c(C)c3)CCN2C)c1. The van der Waals surface area contributed by atoms with Crippen LogP contribution in [0.5, 0.6) is 11.5 Å². The van der Waals surface area contributed by atoms with Crippen LogP contribution in [-0.4, -0.2) is 56.1 Å². The van der Waals surface area contributed by atoms with Gasteiger partial charge in [-0.15, -0.1) is 0 Å². The van der Waals surface area contributed by atoms with Crippen molar-refractivity contribution < 1.29 is 14.3 Å². The van der Waals surface area contributed by atoms with Crippen LogP contribution >= 0.6 is 0 Å². The molecular weight excluding hydrogens is 340 g/mol. The first kappa shape index (κ1) is 19.2. The Bertz CT molecular complexity index is 806. The molecule has 5 heteroatoms. The second-order valence-electron chi connectivity index (χ2n) is 7.15. The lowest BCUT2D eigenvalue weighted by molar-refractivity contribution is -0.136. The van der Waals surface area contributed by atoms with Gasteiger partial charge in [0.05, 0.1) is 13.2 Å². The van der Waals surface area contributed by atoms with Crippen LogP contribution in [0.1, 0.15) is 22.7 Å². The number of amides is 1. The summed E-state index contributed by atoms with van der Waals surface area (Å²) in [5.41, 5.74) is 3.54. The number of carbonyl (C=O) groups excluding carboxylic acids is 1. The van der Waals surface area contributed by atoms with Crippen molar-refractivity contribution in [3.05, 3.63) is 59.2 Å². The zero-order chi connectivity index (χ0) is 19.4. The molecule has 2 aromatic rings. The molecule has 1 saturated heterocycles. The van der Waals surface area contributed by atoms with E-state index in [1.807, 2.05) is 48.2 Å². The summed E-state index contributed by atoms with van der Waals surface area (Å²) in [5.74, 6) is 1.60. The smallest absolute Gasteiger partial charge is 0.260 e. The molecule has 0 aliphatic carbocycles. The second kappa shape index (κ2) is 8.44. The van der Waals surface area contributed by atoms with Crippen molar-refractivity contribution in [1.82, 2.24) is 9.80 Å². The van der Waals surface area contributed by atoms with E-state index in [0.717, 1.165) is 29.2 Å². The summed E-state index contributed by atoms with van der Waals surface area (Å²) < 4.78 is 11.1. The van der Waals surface area contributed by atoms with Crippen LogP contribution in [0.4, 0.5) is 0 Å². The van der Waals surface area contributed by atoms with Gasteiger partial charge in [-0.25, -0.2) is 0 Å². The van der Waals surface area contributed by atoms with Crippen LogP contribution in [0.2, 0.25) is 0 Å². The molecule has 1 atom stereocenters. The van der Waals surface area contributed by atoms with Crippen molar-refractivity contribution in [2.24, 2.45) is 0 Å². The van der Waals surface area contributed by atoms with Crippen molar-refractivity contribution in [2.45, 2.75) is 19.9 Å². The maximum atomic E-state index is 12.7. The lowest BCUT2D eigenvalue weighted by Crippen LogP contribution is -2.50. The van der Waals surface area contributed by atoms with Gasteiger partial charge in [-0.05, 0) is 61.9 Å². The maximum absolute atomic E-state index is 12.7. The van der Waals surface area contributed by atoms with Gasteiger partial charge in [-0.3, -0.25) is 9.69 Å². The molecule has 0 radical (unpaired) electrons. The second-order valence-corrected chi connectivity index (χ2v) is 7.15. The molecule has 27 heavy (non-hydrogen) atoms. The van der Waals surface area contributed by atoms with Crippen molar-refractivity contribution >= 4 is 5.91 Å². The van der Waals surface area contributed by atoms with E-state index >= 15 is 0 Å². The molecule has 5 nitrogen and oxygen atoms in total. The van der Waals surface area contributed by atoms with E-state index in [2.05, 4.69) is 24.9 Å². The standard InChI is InChI=1S/C22H28N2O3/c1-16-8-9-20(12-17(16)2)27-15-22(25)24-11-10-23(3)21(14-24)18-6-5-7-19(13-18)26-4/h5-9,12-13,21H,10-11,14-15H2,1-4H3. The molecule has 144 valence electrons. The topological polar surface area (TPSA) is 42.0 Å². The minimum absolute atomic E-state index is 0.0224. The van der Waals surface area contributed by atoms with Crippen molar-refractivity contribution in [3.8, 4) is 11.5 Å². The number of hydrogen-bond donors (Lipinski definition) is 0.